The zero-order valence-electron chi connectivity index (χ0n) is 13.0. The van der Waals surface area contributed by atoms with Gasteiger partial charge in [0.05, 0.1) is 31.0 Å². The minimum Gasteiger partial charge on any atom is -0.466 e. The van der Waals surface area contributed by atoms with Crippen LogP contribution in [0.4, 0.5) is 0 Å². The van der Waals surface area contributed by atoms with Crippen molar-refractivity contribution >= 4 is 11.9 Å². The SMILES string of the molecule is COC(=O)C1=C(C(=O)OC)[C@H]2CCC[C@](C)(OC)C2=CC1. The van der Waals surface area contributed by atoms with Gasteiger partial charge in [-0.3, -0.25) is 0 Å². The lowest BCUT2D eigenvalue weighted by atomic mass is 9.67. The lowest BCUT2D eigenvalue weighted by Crippen LogP contribution is -2.41. The van der Waals surface area contributed by atoms with Crippen LogP contribution in [-0.2, 0) is 23.8 Å². The average molecular weight is 294 g/mol. The van der Waals surface area contributed by atoms with Crippen molar-refractivity contribution in [1.82, 2.24) is 0 Å². The van der Waals surface area contributed by atoms with Crippen LogP contribution in [0.1, 0.15) is 32.6 Å². The molecule has 0 aromatic heterocycles. The number of carbonyl (C=O) groups is 2. The van der Waals surface area contributed by atoms with E-state index in [0.717, 1.165) is 24.8 Å². The van der Waals surface area contributed by atoms with Gasteiger partial charge in [-0.05, 0) is 38.2 Å². The highest BCUT2D eigenvalue weighted by Crippen LogP contribution is 2.46. The molecule has 0 bridgehead atoms. The first-order valence-corrected chi connectivity index (χ1v) is 7.13. The summed E-state index contributed by atoms with van der Waals surface area (Å²) >= 11 is 0. The molecule has 0 aromatic rings. The van der Waals surface area contributed by atoms with Gasteiger partial charge in [0.25, 0.3) is 0 Å². The van der Waals surface area contributed by atoms with Crippen LogP contribution >= 0.6 is 0 Å². The number of esters is 2. The third kappa shape index (κ3) is 2.62. The number of rotatable bonds is 3. The maximum Gasteiger partial charge on any atom is 0.334 e. The summed E-state index contributed by atoms with van der Waals surface area (Å²) in [6, 6.07) is 0. The quantitative estimate of drug-likeness (QED) is 0.589. The third-order valence-electron chi connectivity index (χ3n) is 4.62. The molecule has 2 aliphatic rings. The molecule has 2 aliphatic carbocycles. The third-order valence-corrected chi connectivity index (χ3v) is 4.62. The molecule has 1 fully saturated rings. The highest BCUT2D eigenvalue weighted by Gasteiger charge is 2.44. The van der Waals surface area contributed by atoms with Gasteiger partial charge < -0.3 is 14.2 Å². The molecule has 0 saturated heterocycles. The van der Waals surface area contributed by atoms with Crippen molar-refractivity contribution in [2.75, 3.05) is 21.3 Å². The first kappa shape index (κ1) is 15.8. The summed E-state index contributed by atoms with van der Waals surface area (Å²) in [7, 11) is 4.34. The van der Waals surface area contributed by atoms with Crippen molar-refractivity contribution in [3.8, 4) is 0 Å². The molecule has 0 amide bonds. The molecule has 0 heterocycles. The lowest BCUT2D eigenvalue weighted by molar-refractivity contribution is -0.140. The molecular formula is C16H22O5. The molecular weight excluding hydrogens is 272 g/mol. The molecule has 0 radical (unpaired) electrons. The van der Waals surface area contributed by atoms with Gasteiger partial charge in [0.2, 0.25) is 0 Å². The Labute approximate surface area is 124 Å². The number of carbonyl (C=O) groups excluding carboxylic acids is 2. The topological polar surface area (TPSA) is 61.8 Å². The number of ether oxygens (including phenoxy) is 3. The van der Waals surface area contributed by atoms with Crippen LogP contribution in [0.3, 0.4) is 0 Å². The summed E-state index contributed by atoms with van der Waals surface area (Å²) < 4.78 is 15.4. The van der Waals surface area contributed by atoms with Gasteiger partial charge in [-0.15, -0.1) is 0 Å². The molecule has 0 unspecified atom stereocenters. The summed E-state index contributed by atoms with van der Waals surface area (Å²) in [4.78, 5) is 24.2. The van der Waals surface area contributed by atoms with E-state index < -0.39 is 11.9 Å². The predicted molar refractivity (Wildman–Crippen MR) is 76.5 cm³/mol. The number of allylic oxidation sites excluding steroid dienone is 1. The fourth-order valence-electron chi connectivity index (χ4n) is 3.41. The Morgan fingerprint density at radius 1 is 1.19 bits per heavy atom. The molecule has 116 valence electrons. The zero-order valence-corrected chi connectivity index (χ0v) is 13.0. The van der Waals surface area contributed by atoms with Gasteiger partial charge in [-0.25, -0.2) is 9.59 Å². The maximum absolute atomic E-state index is 12.2. The van der Waals surface area contributed by atoms with E-state index in [-0.39, 0.29) is 11.5 Å². The highest BCUT2D eigenvalue weighted by atomic mass is 16.5. The Morgan fingerprint density at radius 2 is 1.86 bits per heavy atom. The molecule has 2 atom stereocenters. The Bertz CT molecular complexity index is 517. The summed E-state index contributed by atoms with van der Waals surface area (Å²) in [5.41, 5.74) is 1.52. The zero-order chi connectivity index (χ0) is 15.6. The van der Waals surface area contributed by atoms with E-state index in [9.17, 15) is 9.59 Å². The van der Waals surface area contributed by atoms with Crippen molar-refractivity contribution in [2.45, 2.75) is 38.2 Å². The lowest BCUT2D eigenvalue weighted by Gasteiger charge is -2.42. The highest BCUT2D eigenvalue weighted by molar-refractivity contribution is 6.02. The summed E-state index contributed by atoms with van der Waals surface area (Å²) in [6.45, 7) is 2.03. The normalized spacial score (nSPS) is 28.6. The van der Waals surface area contributed by atoms with Crippen LogP contribution in [0.25, 0.3) is 0 Å². The Balaban J connectivity index is 2.48. The second-order valence-corrected chi connectivity index (χ2v) is 5.62. The van der Waals surface area contributed by atoms with Gasteiger partial charge in [-0.1, -0.05) is 6.08 Å². The van der Waals surface area contributed by atoms with E-state index in [4.69, 9.17) is 14.2 Å². The Morgan fingerprint density at radius 3 is 2.43 bits per heavy atom. The van der Waals surface area contributed by atoms with E-state index in [2.05, 4.69) is 0 Å². The van der Waals surface area contributed by atoms with Crippen LogP contribution in [0.2, 0.25) is 0 Å². The molecule has 0 N–H and O–H groups in total. The van der Waals surface area contributed by atoms with Crippen LogP contribution < -0.4 is 0 Å². The number of methoxy groups -OCH3 is 3. The molecule has 0 aromatic carbocycles. The molecule has 0 spiro atoms. The summed E-state index contributed by atoms with van der Waals surface area (Å²) in [6.07, 6.45) is 5.04. The van der Waals surface area contributed by atoms with Gasteiger partial charge in [0, 0.05) is 13.0 Å². The van der Waals surface area contributed by atoms with Crippen molar-refractivity contribution in [3.63, 3.8) is 0 Å². The second-order valence-electron chi connectivity index (χ2n) is 5.62. The number of fused-ring (bicyclic) bond motifs is 1. The minimum atomic E-state index is -0.463. The van der Waals surface area contributed by atoms with Crippen molar-refractivity contribution in [2.24, 2.45) is 5.92 Å². The van der Waals surface area contributed by atoms with Crippen molar-refractivity contribution in [3.05, 3.63) is 22.8 Å². The largest absolute Gasteiger partial charge is 0.466 e. The maximum atomic E-state index is 12.2. The van der Waals surface area contributed by atoms with E-state index in [0.29, 0.717) is 17.6 Å². The minimum absolute atomic E-state index is 0.126. The smallest absolute Gasteiger partial charge is 0.334 e. The molecule has 0 aliphatic heterocycles. The van der Waals surface area contributed by atoms with Crippen LogP contribution in [0.15, 0.2) is 22.8 Å². The van der Waals surface area contributed by atoms with E-state index in [1.807, 2.05) is 13.0 Å². The fraction of sp³-hybridized carbons (Fsp3) is 0.625. The first-order valence-electron chi connectivity index (χ1n) is 7.13. The van der Waals surface area contributed by atoms with Crippen LogP contribution in [0.5, 0.6) is 0 Å². The summed E-state index contributed by atoms with van der Waals surface area (Å²) in [5, 5.41) is 0. The molecule has 1 saturated carbocycles. The van der Waals surface area contributed by atoms with Crippen molar-refractivity contribution in [1.29, 1.82) is 0 Å². The Hall–Kier alpha value is -1.62. The number of hydrogen-bond acceptors (Lipinski definition) is 5. The predicted octanol–water partition coefficient (Wildman–Crippen LogP) is 2.16. The first-order chi connectivity index (χ1) is 9.98. The monoisotopic (exact) mass is 294 g/mol. The average Bonchev–Trinajstić information content (AvgIpc) is 2.52. The van der Waals surface area contributed by atoms with Crippen LogP contribution in [-0.4, -0.2) is 38.9 Å². The number of hydrogen-bond donors (Lipinski definition) is 0. The van der Waals surface area contributed by atoms with E-state index in [1.165, 1.54) is 14.2 Å². The van der Waals surface area contributed by atoms with E-state index >= 15 is 0 Å². The molecule has 21 heavy (non-hydrogen) atoms. The molecule has 5 nitrogen and oxygen atoms in total. The Kier molecular flexibility index (Phi) is 4.52. The second kappa shape index (κ2) is 6.02. The van der Waals surface area contributed by atoms with Gasteiger partial charge in [-0.2, -0.15) is 0 Å². The van der Waals surface area contributed by atoms with Crippen molar-refractivity contribution < 1.29 is 23.8 Å². The standard InChI is InChI=1S/C16H22O5/c1-16(21-4)9-5-6-10-12(16)8-7-11(14(17)19-2)13(10)15(18)20-3/h8,10H,5-7,9H2,1-4H3/t10-,16-/m0/s1. The fourth-order valence-corrected chi connectivity index (χ4v) is 3.41. The molecule has 2 rings (SSSR count). The van der Waals surface area contributed by atoms with E-state index in [1.54, 1.807) is 7.11 Å². The van der Waals surface area contributed by atoms with Gasteiger partial charge in [0.15, 0.2) is 0 Å². The molecule has 5 heteroatoms. The van der Waals surface area contributed by atoms with Crippen LogP contribution in [0, 0.1) is 5.92 Å². The summed E-state index contributed by atoms with van der Waals surface area (Å²) in [5.74, 6) is -1.04. The van der Waals surface area contributed by atoms with Gasteiger partial charge in [0.1, 0.15) is 0 Å². The van der Waals surface area contributed by atoms with Gasteiger partial charge >= 0.3 is 11.9 Å².